The largest absolute Gasteiger partial charge is 0.469 e. The van der Waals surface area contributed by atoms with E-state index in [4.69, 9.17) is 10.3 Å². The molecule has 1 aliphatic rings. The maximum Gasteiger partial charge on any atom is 0.101 e. The summed E-state index contributed by atoms with van der Waals surface area (Å²) in [5.74, 6) is 7.32. The Morgan fingerprint density at radius 2 is 2.00 bits per heavy atom. The molecule has 3 N–H and O–H groups in total. The molecular weight excluding hydrogens is 200 g/mol. The van der Waals surface area contributed by atoms with E-state index >= 15 is 0 Å². The van der Waals surface area contributed by atoms with Crippen LogP contribution >= 0.6 is 0 Å². The summed E-state index contributed by atoms with van der Waals surface area (Å²) in [6, 6.07) is 2.35. The van der Waals surface area contributed by atoms with E-state index in [0.717, 1.165) is 5.76 Å². The molecule has 1 aromatic rings. The highest BCUT2D eigenvalue weighted by molar-refractivity contribution is 5.17. The van der Waals surface area contributed by atoms with Crippen molar-refractivity contribution in [3.8, 4) is 0 Å². The molecule has 1 unspecified atom stereocenters. The van der Waals surface area contributed by atoms with E-state index in [1.807, 2.05) is 13.2 Å². The van der Waals surface area contributed by atoms with Crippen molar-refractivity contribution in [2.75, 3.05) is 0 Å². The van der Waals surface area contributed by atoms with Crippen molar-refractivity contribution in [1.82, 2.24) is 5.43 Å². The van der Waals surface area contributed by atoms with Crippen LogP contribution in [0.2, 0.25) is 0 Å². The number of nitrogens with two attached hydrogens (primary N) is 1. The summed E-state index contributed by atoms with van der Waals surface area (Å²) < 4.78 is 5.37. The monoisotopic (exact) mass is 222 g/mol. The maximum absolute atomic E-state index is 5.70. The van der Waals surface area contributed by atoms with Gasteiger partial charge in [-0.1, -0.05) is 25.7 Å². The first-order valence-corrected chi connectivity index (χ1v) is 6.32. The number of aryl methyl sites for hydroxylation is 1. The van der Waals surface area contributed by atoms with Gasteiger partial charge in [0.2, 0.25) is 0 Å². The third-order valence-electron chi connectivity index (χ3n) is 3.66. The van der Waals surface area contributed by atoms with Crippen molar-refractivity contribution in [3.05, 3.63) is 23.7 Å². The van der Waals surface area contributed by atoms with E-state index in [0.29, 0.717) is 5.92 Å². The SMILES string of the molecule is Cc1cc(C(NN)C2CCCCCC2)co1. The molecule has 90 valence electrons. The van der Waals surface area contributed by atoms with Gasteiger partial charge in [-0.2, -0.15) is 0 Å². The van der Waals surface area contributed by atoms with Crippen molar-refractivity contribution >= 4 is 0 Å². The normalized spacial score (nSPS) is 20.6. The topological polar surface area (TPSA) is 51.2 Å². The highest BCUT2D eigenvalue weighted by atomic mass is 16.3. The molecule has 1 saturated carbocycles. The van der Waals surface area contributed by atoms with Gasteiger partial charge in [-0.3, -0.25) is 11.3 Å². The molecule has 2 rings (SSSR count). The fourth-order valence-corrected chi connectivity index (χ4v) is 2.78. The molecule has 0 radical (unpaired) electrons. The average molecular weight is 222 g/mol. The Morgan fingerprint density at radius 1 is 1.31 bits per heavy atom. The molecule has 0 saturated heterocycles. The first kappa shape index (κ1) is 11.7. The second-order valence-corrected chi connectivity index (χ2v) is 4.89. The van der Waals surface area contributed by atoms with Gasteiger partial charge in [-0.05, 0) is 31.7 Å². The highest BCUT2D eigenvalue weighted by Gasteiger charge is 2.24. The van der Waals surface area contributed by atoms with Crippen molar-refractivity contribution in [1.29, 1.82) is 0 Å². The minimum absolute atomic E-state index is 0.260. The Balaban J connectivity index is 2.08. The van der Waals surface area contributed by atoms with Gasteiger partial charge in [0, 0.05) is 5.56 Å². The fourth-order valence-electron chi connectivity index (χ4n) is 2.78. The molecule has 0 bridgehead atoms. The van der Waals surface area contributed by atoms with Gasteiger partial charge < -0.3 is 4.42 Å². The number of hydrazine groups is 1. The van der Waals surface area contributed by atoms with Crippen LogP contribution in [-0.2, 0) is 0 Å². The van der Waals surface area contributed by atoms with Crippen LogP contribution in [-0.4, -0.2) is 0 Å². The number of nitrogens with one attached hydrogen (secondary N) is 1. The van der Waals surface area contributed by atoms with E-state index in [1.165, 1.54) is 44.1 Å². The van der Waals surface area contributed by atoms with Crippen LogP contribution in [0.25, 0.3) is 0 Å². The smallest absolute Gasteiger partial charge is 0.101 e. The highest BCUT2D eigenvalue weighted by Crippen LogP contribution is 2.33. The number of rotatable bonds is 3. The minimum Gasteiger partial charge on any atom is -0.469 e. The van der Waals surface area contributed by atoms with Crippen molar-refractivity contribution in [2.45, 2.75) is 51.5 Å². The number of hydrogen-bond acceptors (Lipinski definition) is 3. The van der Waals surface area contributed by atoms with Gasteiger partial charge in [-0.15, -0.1) is 0 Å². The van der Waals surface area contributed by atoms with Crippen LogP contribution in [0.5, 0.6) is 0 Å². The molecule has 16 heavy (non-hydrogen) atoms. The Bertz CT molecular complexity index is 313. The molecule has 1 atom stereocenters. The molecule has 3 heteroatoms. The van der Waals surface area contributed by atoms with E-state index in [9.17, 15) is 0 Å². The Morgan fingerprint density at radius 3 is 2.50 bits per heavy atom. The fraction of sp³-hybridized carbons (Fsp3) is 0.692. The number of furan rings is 1. The molecule has 1 fully saturated rings. The van der Waals surface area contributed by atoms with Gasteiger partial charge in [0.1, 0.15) is 5.76 Å². The van der Waals surface area contributed by atoms with E-state index in [1.54, 1.807) is 0 Å². The van der Waals surface area contributed by atoms with Crippen molar-refractivity contribution in [3.63, 3.8) is 0 Å². The zero-order chi connectivity index (χ0) is 11.4. The first-order chi connectivity index (χ1) is 7.81. The Hall–Kier alpha value is -0.800. The lowest BCUT2D eigenvalue weighted by Crippen LogP contribution is -2.33. The van der Waals surface area contributed by atoms with Crippen LogP contribution in [0.4, 0.5) is 0 Å². The van der Waals surface area contributed by atoms with Gasteiger partial charge in [-0.25, -0.2) is 0 Å². The van der Waals surface area contributed by atoms with Crippen LogP contribution in [0.3, 0.4) is 0 Å². The zero-order valence-corrected chi connectivity index (χ0v) is 10.0. The lowest BCUT2D eigenvalue weighted by molar-refractivity contribution is 0.327. The summed E-state index contributed by atoms with van der Waals surface area (Å²) in [6.07, 6.45) is 9.80. The zero-order valence-electron chi connectivity index (χ0n) is 10.0. The molecule has 0 spiro atoms. The molecule has 0 aromatic carbocycles. The predicted octanol–water partition coefficient (Wildman–Crippen LogP) is 3.06. The van der Waals surface area contributed by atoms with Gasteiger partial charge in [0.15, 0.2) is 0 Å². The van der Waals surface area contributed by atoms with E-state index in [-0.39, 0.29) is 6.04 Å². The Labute approximate surface area is 97.4 Å². The van der Waals surface area contributed by atoms with Gasteiger partial charge in [0.25, 0.3) is 0 Å². The molecule has 3 nitrogen and oxygen atoms in total. The predicted molar refractivity (Wildman–Crippen MR) is 64.7 cm³/mol. The van der Waals surface area contributed by atoms with Crippen molar-refractivity contribution in [2.24, 2.45) is 11.8 Å². The quantitative estimate of drug-likeness (QED) is 0.469. The van der Waals surface area contributed by atoms with Gasteiger partial charge >= 0.3 is 0 Å². The lowest BCUT2D eigenvalue weighted by Gasteiger charge is -2.24. The summed E-state index contributed by atoms with van der Waals surface area (Å²) in [5, 5.41) is 0. The van der Waals surface area contributed by atoms with Crippen LogP contribution < -0.4 is 11.3 Å². The summed E-state index contributed by atoms with van der Waals surface area (Å²) in [7, 11) is 0. The van der Waals surface area contributed by atoms with Crippen LogP contribution in [0.15, 0.2) is 16.7 Å². The third kappa shape index (κ3) is 2.66. The third-order valence-corrected chi connectivity index (χ3v) is 3.66. The molecule has 0 amide bonds. The van der Waals surface area contributed by atoms with E-state index in [2.05, 4.69) is 11.5 Å². The lowest BCUT2D eigenvalue weighted by atomic mass is 9.89. The average Bonchev–Trinajstić information content (AvgIpc) is 2.55. The molecule has 1 heterocycles. The summed E-state index contributed by atoms with van der Waals surface area (Å²) in [4.78, 5) is 0. The summed E-state index contributed by atoms with van der Waals surface area (Å²) >= 11 is 0. The van der Waals surface area contributed by atoms with Crippen LogP contribution in [0, 0.1) is 12.8 Å². The maximum atomic E-state index is 5.70. The van der Waals surface area contributed by atoms with E-state index < -0.39 is 0 Å². The van der Waals surface area contributed by atoms with Gasteiger partial charge in [0.05, 0.1) is 12.3 Å². The molecule has 0 aliphatic heterocycles. The van der Waals surface area contributed by atoms with Crippen LogP contribution in [0.1, 0.15) is 55.9 Å². The molecular formula is C13H22N2O. The minimum atomic E-state index is 0.260. The molecule has 1 aromatic heterocycles. The summed E-state index contributed by atoms with van der Waals surface area (Å²) in [6.45, 7) is 1.98. The first-order valence-electron chi connectivity index (χ1n) is 6.32. The Kier molecular flexibility index (Phi) is 4.02. The summed E-state index contributed by atoms with van der Waals surface area (Å²) in [5.41, 5.74) is 4.17. The molecule has 1 aliphatic carbocycles. The standard InChI is InChI=1S/C13H22N2O/c1-10-8-12(9-16-10)13(15-14)11-6-4-2-3-5-7-11/h8-9,11,13,15H,2-7,14H2,1H3. The second kappa shape index (κ2) is 5.51. The van der Waals surface area contributed by atoms with Crippen molar-refractivity contribution < 1.29 is 4.42 Å². The number of hydrogen-bond donors (Lipinski definition) is 2. The second-order valence-electron chi connectivity index (χ2n) is 4.89.